The molecule has 87 heavy (non-hydrogen) atoms. The van der Waals surface area contributed by atoms with E-state index in [2.05, 4.69) is 62.5 Å². The minimum absolute atomic E-state index is 0.0355. The van der Waals surface area contributed by atoms with Gasteiger partial charge in [-0.15, -0.1) is 0 Å². The average Bonchev–Trinajstić information content (AvgIpc) is 3.68. The molecule has 2 atom stereocenters. The maximum atomic E-state index is 12.9. The molecule has 0 saturated heterocycles. The number of rotatable bonds is 71. The van der Waals surface area contributed by atoms with Gasteiger partial charge < -0.3 is 18.9 Å². The summed E-state index contributed by atoms with van der Waals surface area (Å²) in [6.07, 6.45) is 89.6. The molecule has 9 nitrogen and oxygen atoms in total. The number of nitrogens with zero attached hydrogens (tertiary/aromatic N) is 1. The highest BCUT2D eigenvalue weighted by molar-refractivity contribution is 7.47. The highest BCUT2D eigenvalue weighted by atomic mass is 31.2. The summed E-state index contributed by atoms with van der Waals surface area (Å²) in [4.78, 5) is 35.9. The second-order valence-electron chi connectivity index (χ2n) is 27.0. The predicted octanol–water partition coefficient (Wildman–Crippen LogP) is 24.8. The lowest BCUT2D eigenvalue weighted by molar-refractivity contribution is -0.870. The van der Waals surface area contributed by atoms with Gasteiger partial charge in [0.05, 0.1) is 27.7 Å². The van der Waals surface area contributed by atoms with Crippen molar-refractivity contribution in [2.24, 2.45) is 0 Å². The van der Waals surface area contributed by atoms with Crippen LogP contribution in [0.1, 0.15) is 380 Å². The monoisotopic (exact) mass is 1250 g/mol. The Morgan fingerprint density at radius 1 is 0.368 bits per heavy atom. The number of hydrogen-bond donors (Lipinski definition) is 1. The largest absolute Gasteiger partial charge is 0.472 e. The number of phosphoric acid groups is 1. The Balaban J connectivity index is 3.90. The highest BCUT2D eigenvalue weighted by Gasteiger charge is 2.27. The van der Waals surface area contributed by atoms with Gasteiger partial charge >= 0.3 is 19.8 Å². The summed E-state index contributed by atoms with van der Waals surface area (Å²) in [5, 5.41) is 0. The van der Waals surface area contributed by atoms with E-state index < -0.39 is 26.5 Å². The first-order valence-electron chi connectivity index (χ1n) is 37.9. The number of quaternary nitrogens is 1. The molecule has 10 heteroatoms. The second-order valence-corrected chi connectivity index (χ2v) is 28.5. The molecule has 0 amide bonds. The summed E-state index contributed by atoms with van der Waals surface area (Å²) in [5.41, 5.74) is 0. The number of ether oxygens (including phenoxy) is 2. The fourth-order valence-corrected chi connectivity index (χ4v) is 12.1. The fraction of sp³-hybridized carbons (Fsp3) is 0.870. The van der Waals surface area contributed by atoms with Crippen LogP contribution in [0.2, 0.25) is 0 Å². The van der Waals surface area contributed by atoms with Gasteiger partial charge in [-0.25, -0.2) is 4.57 Å². The summed E-state index contributed by atoms with van der Waals surface area (Å²) in [7, 11) is 1.50. The molecule has 1 N–H and O–H groups in total. The van der Waals surface area contributed by atoms with E-state index in [0.717, 1.165) is 57.8 Å². The first-order chi connectivity index (χ1) is 42.5. The fourth-order valence-electron chi connectivity index (χ4n) is 11.4. The Kier molecular flexibility index (Phi) is 66.7. The minimum Gasteiger partial charge on any atom is -0.462 e. The van der Waals surface area contributed by atoms with Crippen molar-refractivity contribution in [2.45, 2.75) is 386 Å². The predicted molar refractivity (Wildman–Crippen MR) is 377 cm³/mol. The van der Waals surface area contributed by atoms with Gasteiger partial charge in [0.2, 0.25) is 0 Å². The third-order valence-corrected chi connectivity index (χ3v) is 18.1. The Bertz CT molecular complexity index is 1610. The van der Waals surface area contributed by atoms with E-state index in [-0.39, 0.29) is 25.6 Å². The van der Waals surface area contributed by atoms with E-state index in [1.54, 1.807) is 0 Å². The summed E-state index contributed by atoms with van der Waals surface area (Å²) in [6.45, 7) is 4.40. The molecule has 0 aromatic heterocycles. The van der Waals surface area contributed by atoms with E-state index in [4.69, 9.17) is 18.5 Å². The standard InChI is InChI=1S/C77H146NO8P/c1-6-8-10-12-14-16-18-20-22-24-26-28-30-32-33-34-35-36-37-38-39-40-41-42-43-44-45-46-48-50-52-54-56-58-60-62-64-66-68-70-77(80)86-75(74-85-87(81,82)84-72-71-78(3,4)5)73-83-76(79)69-67-65-63-61-59-57-55-53-51-49-47-31-29-27-25-23-21-19-17-15-13-11-9-7-2/h8,10,14,16,20,22,26,28,75H,6-7,9,11-13,15,17-19,21,23-25,27,29-74H2,1-5H3/p+1/b10-8-,16-14-,22-20-,28-26-. The molecular formula is C77H147NO8P+. The number of unbranched alkanes of at least 4 members (excludes halogenated alkanes) is 49. The zero-order valence-corrected chi connectivity index (χ0v) is 59.4. The number of carbonyl (C=O) groups is 2. The molecule has 0 aromatic rings. The second kappa shape index (κ2) is 68.3. The van der Waals surface area contributed by atoms with Crippen LogP contribution >= 0.6 is 7.82 Å². The molecule has 0 aliphatic heterocycles. The van der Waals surface area contributed by atoms with Crippen molar-refractivity contribution in [3.05, 3.63) is 48.6 Å². The number of allylic oxidation sites excluding steroid dienone is 8. The molecule has 512 valence electrons. The van der Waals surface area contributed by atoms with Gasteiger partial charge in [-0.05, 0) is 51.4 Å². The molecule has 2 unspecified atom stereocenters. The van der Waals surface area contributed by atoms with Crippen LogP contribution in [0.15, 0.2) is 48.6 Å². The summed E-state index contributed by atoms with van der Waals surface area (Å²) in [6, 6.07) is 0. The van der Waals surface area contributed by atoms with Crippen molar-refractivity contribution in [1.29, 1.82) is 0 Å². The van der Waals surface area contributed by atoms with Gasteiger partial charge in [0.25, 0.3) is 0 Å². The molecule has 0 rings (SSSR count). The Hall–Kier alpha value is -2.03. The van der Waals surface area contributed by atoms with Gasteiger partial charge in [-0.1, -0.05) is 364 Å². The van der Waals surface area contributed by atoms with Crippen LogP contribution in [0.25, 0.3) is 0 Å². The van der Waals surface area contributed by atoms with Crippen molar-refractivity contribution in [3.63, 3.8) is 0 Å². The topological polar surface area (TPSA) is 108 Å². The van der Waals surface area contributed by atoms with Crippen molar-refractivity contribution in [2.75, 3.05) is 47.5 Å². The molecule has 0 heterocycles. The summed E-state index contributed by atoms with van der Waals surface area (Å²) in [5.74, 6) is -0.771. The van der Waals surface area contributed by atoms with Crippen LogP contribution in [0, 0.1) is 0 Å². The molecule has 0 saturated carbocycles. The van der Waals surface area contributed by atoms with Gasteiger partial charge in [-0.2, -0.15) is 0 Å². The lowest BCUT2D eigenvalue weighted by atomic mass is 10.0. The number of phosphoric ester groups is 1. The van der Waals surface area contributed by atoms with E-state index in [0.29, 0.717) is 23.9 Å². The maximum Gasteiger partial charge on any atom is 0.472 e. The zero-order valence-electron chi connectivity index (χ0n) is 58.5. The van der Waals surface area contributed by atoms with Crippen LogP contribution in [0.5, 0.6) is 0 Å². The lowest BCUT2D eigenvalue weighted by Gasteiger charge is -2.24. The van der Waals surface area contributed by atoms with Crippen molar-refractivity contribution in [3.8, 4) is 0 Å². The summed E-state index contributed by atoms with van der Waals surface area (Å²) < 4.78 is 34.8. The molecule has 0 aromatic carbocycles. The Morgan fingerprint density at radius 3 is 0.977 bits per heavy atom. The van der Waals surface area contributed by atoms with Gasteiger partial charge in [0.1, 0.15) is 19.8 Å². The maximum absolute atomic E-state index is 12.9. The smallest absolute Gasteiger partial charge is 0.462 e. The minimum atomic E-state index is -4.39. The molecule has 0 aliphatic rings. The van der Waals surface area contributed by atoms with E-state index >= 15 is 0 Å². The van der Waals surface area contributed by atoms with Gasteiger partial charge in [0.15, 0.2) is 6.10 Å². The van der Waals surface area contributed by atoms with Crippen LogP contribution < -0.4 is 0 Å². The molecular weight excluding hydrogens is 1100 g/mol. The van der Waals surface area contributed by atoms with Crippen molar-refractivity contribution >= 4 is 19.8 Å². The third kappa shape index (κ3) is 72.9. The number of hydrogen-bond acceptors (Lipinski definition) is 7. The van der Waals surface area contributed by atoms with Gasteiger partial charge in [-0.3, -0.25) is 18.6 Å². The Labute approximate surface area is 541 Å². The van der Waals surface area contributed by atoms with Crippen LogP contribution in [-0.2, 0) is 32.7 Å². The summed E-state index contributed by atoms with van der Waals surface area (Å²) >= 11 is 0. The SMILES string of the molecule is CC/C=C\C/C=C\C/C=C\C/C=C\CCCCCCCCCCCCCCCCCCCCCCCCCCCCC(=O)OC(COC(=O)CCCCCCCCCCCCCCCCCCCCCCCCCC)COP(=O)(O)OCC[N+](C)(C)C. The van der Waals surface area contributed by atoms with Crippen molar-refractivity contribution < 1.29 is 42.1 Å². The first-order valence-corrected chi connectivity index (χ1v) is 39.4. The quantitative estimate of drug-likeness (QED) is 0.0211. The first kappa shape index (κ1) is 85.0. The number of esters is 2. The normalized spacial score (nSPS) is 13.3. The Morgan fingerprint density at radius 2 is 0.655 bits per heavy atom. The van der Waals surface area contributed by atoms with Crippen LogP contribution in [-0.4, -0.2) is 74.9 Å². The average molecular weight is 1250 g/mol. The number of likely N-dealkylation sites (N-methyl/N-ethyl adjacent to an activating group) is 1. The van der Waals surface area contributed by atoms with Crippen LogP contribution in [0.3, 0.4) is 0 Å². The lowest BCUT2D eigenvalue weighted by Crippen LogP contribution is -2.37. The van der Waals surface area contributed by atoms with E-state index in [9.17, 15) is 19.0 Å². The van der Waals surface area contributed by atoms with Gasteiger partial charge in [0, 0.05) is 12.8 Å². The molecule has 0 aliphatic carbocycles. The molecule has 0 radical (unpaired) electrons. The van der Waals surface area contributed by atoms with E-state index in [1.165, 1.54) is 289 Å². The van der Waals surface area contributed by atoms with E-state index in [1.807, 2.05) is 21.1 Å². The van der Waals surface area contributed by atoms with Crippen LogP contribution in [0.4, 0.5) is 0 Å². The third-order valence-electron chi connectivity index (χ3n) is 17.1. The molecule has 0 fully saturated rings. The zero-order chi connectivity index (χ0) is 63.4. The molecule has 0 spiro atoms. The number of carbonyl (C=O) groups excluding carboxylic acids is 2. The highest BCUT2D eigenvalue weighted by Crippen LogP contribution is 2.43. The van der Waals surface area contributed by atoms with Crippen molar-refractivity contribution in [1.82, 2.24) is 0 Å². The molecule has 0 bridgehead atoms.